The van der Waals surface area contributed by atoms with Crippen molar-refractivity contribution in [3.8, 4) is 0 Å². The number of hydrogen-bond acceptors (Lipinski definition) is 5. The Hall–Kier alpha value is -1.47. The number of pyridine rings is 1. The molecule has 0 bridgehead atoms. The molecule has 1 saturated heterocycles. The quantitative estimate of drug-likeness (QED) is 0.464. The van der Waals surface area contributed by atoms with Crippen molar-refractivity contribution in [2.75, 3.05) is 7.11 Å². The second-order valence-electron chi connectivity index (χ2n) is 5.66. The van der Waals surface area contributed by atoms with E-state index >= 15 is 0 Å². The van der Waals surface area contributed by atoms with Crippen molar-refractivity contribution < 1.29 is 23.2 Å². The maximum atomic E-state index is 14.0. The zero-order chi connectivity index (χ0) is 15.1. The summed E-state index contributed by atoms with van der Waals surface area (Å²) in [6.07, 6.45) is 0. The van der Waals surface area contributed by atoms with Gasteiger partial charge in [-0.15, -0.1) is 0 Å². The van der Waals surface area contributed by atoms with Crippen molar-refractivity contribution >= 4 is 18.6 Å². The highest BCUT2D eigenvalue weighted by atomic mass is 19.1. The molecule has 0 amide bonds. The van der Waals surface area contributed by atoms with Gasteiger partial charge in [-0.3, -0.25) is 0 Å². The summed E-state index contributed by atoms with van der Waals surface area (Å²) < 4.78 is 30.0. The van der Waals surface area contributed by atoms with Gasteiger partial charge in [-0.1, -0.05) is 6.07 Å². The Morgan fingerprint density at radius 3 is 2.25 bits per heavy atom. The van der Waals surface area contributed by atoms with E-state index < -0.39 is 30.2 Å². The number of rotatable bonds is 2. The van der Waals surface area contributed by atoms with Gasteiger partial charge in [0.1, 0.15) is 0 Å². The van der Waals surface area contributed by atoms with E-state index in [9.17, 15) is 9.18 Å². The van der Waals surface area contributed by atoms with E-state index in [1.54, 1.807) is 0 Å². The minimum Gasteiger partial charge on any atom is -0.464 e. The number of nitrogens with zero attached hydrogens (tertiary/aromatic N) is 1. The molecule has 2 rings (SSSR count). The van der Waals surface area contributed by atoms with E-state index in [1.807, 2.05) is 27.7 Å². The van der Waals surface area contributed by atoms with Gasteiger partial charge in [0.25, 0.3) is 0 Å². The van der Waals surface area contributed by atoms with Crippen molar-refractivity contribution in [2.45, 2.75) is 38.9 Å². The maximum Gasteiger partial charge on any atom is 0.499 e. The molecule has 0 aliphatic carbocycles. The molecule has 108 valence electrons. The average Bonchev–Trinajstić information content (AvgIpc) is 2.57. The van der Waals surface area contributed by atoms with Crippen LogP contribution < -0.4 is 5.46 Å². The highest BCUT2D eigenvalue weighted by Gasteiger charge is 2.52. The Labute approximate surface area is 117 Å². The summed E-state index contributed by atoms with van der Waals surface area (Å²) in [5.74, 6) is -1.49. The van der Waals surface area contributed by atoms with Crippen LogP contribution in [0.3, 0.4) is 0 Å². The molecule has 0 atom stereocenters. The molecule has 20 heavy (non-hydrogen) atoms. The molecule has 0 unspecified atom stereocenters. The first-order chi connectivity index (χ1) is 9.18. The summed E-state index contributed by atoms with van der Waals surface area (Å²) in [5, 5.41) is 0. The maximum absolute atomic E-state index is 14.0. The molecule has 1 aliphatic heterocycles. The monoisotopic (exact) mass is 281 g/mol. The van der Waals surface area contributed by atoms with Crippen LogP contribution in [0.15, 0.2) is 12.1 Å². The van der Waals surface area contributed by atoms with Crippen LogP contribution >= 0.6 is 0 Å². The van der Waals surface area contributed by atoms with Crippen LogP contribution in [-0.2, 0) is 14.0 Å². The molecule has 1 aliphatic rings. The molecule has 0 aromatic carbocycles. The lowest BCUT2D eigenvalue weighted by Gasteiger charge is -2.32. The van der Waals surface area contributed by atoms with Crippen LogP contribution in [0.5, 0.6) is 0 Å². The molecule has 0 spiro atoms. The van der Waals surface area contributed by atoms with Crippen LogP contribution in [0.1, 0.15) is 38.2 Å². The third kappa shape index (κ3) is 2.43. The summed E-state index contributed by atoms with van der Waals surface area (Å²) in [6.45, 7) is 7.50. The van der Waals surface area contributed by atoms with E-state index in [0.29, 0.717) is 0 Å². The lowest BCUT2D eigenvalue weighted by atomic mass is 9.80. The Bertz CT molecular complexity index is 531. The Balaban J connectivity index is 2.30. The normalized spacial score (nSPS) is 20.0. The van der Waals surface area contributed by atoms with Crippen molar-refractivity contribution in [1.82, 2.24) is 4.98 Å². The fourth-order valence-electron chi connectivity index (χ4n) is 1.81. The first kappa shape index (κ1) is 14.9. The van der Waals surface area contributed by atoms with Gasteiger partial charge in [0.15, 0.2) is 5.69 Å². The second-order valence-corrected chi connectivity index (χ2v) is 5.66. The number of halogens is 1. The number of carbonyl (C=O) groups excluding carboxylic acids is 1. The van der Waals surface area contributed by atoms with Crippen molar-refractivity contribution in [3.05, 3.63) is 23.8 Å². The SMILES string of the molecule is COC(=O)c1ccc(B2OC(C)(C)C(C)(C)O2)c(F)n1. The molecular formula is C13H17BFNO4. The molecule has 2 heterocycles. The second kappa shape index (κ2) is 4.82. The van der Waals surface area contributed by atoms with Crippen LogP contribution in [0, 0.1) is 5.95 Å². The van der Waals surface area contributed by atoms with Crippen molar-refractivity contribution in [1.29, 1.82) is 0 Å². The summed E-state index contributed by atoms with van der Waals surface area (Å²) >= 11 is 0. The molecule has 1 aromatic rings. The third-order valence-corrected chi connectivity index (χ3v) is 3.78. The topological polar surface area (TPSA) is 57.7 Å². The summed E-state index contributed by atoms with van der Waals surface area (Å²) in [5.41, 5.74) is -1.06. The Morgan fingerprint density at radius 2 is 1.80 bits per heavy atom. The molecule has 0 N–H and O–H groups in total. The number of esters is 1. The number of aromatic nitrogens is 1. The van der Waals surface area contributed by atoms with Gasteiger partial charge in [0.05, 0.1) is 18.3 Å². The molecule has 0 radical (unpaired) electrons. The zero-order valence-electron chi connectivity index (χ0n) is 12.2. The first-order valence-electron chi connectivity index (χ1n) is 6.28. The van der Waals surface area contributed by atoms with Crippen LogP contribution in [0.25, 0.3) is 0 Å². The fraction of sp³-hybridized carbons (Fsp3) is 0.538. The largest absolute Gasteiger partial charge is 0.499 e. The van der Waals surface area contributed by atoms with Gasteiger partial charge >= 0.3 is 13.1 Å². The molecule has 0 saturated carbocycles. The lowest BCUT2D eigenvalue weighted by Crippen LogP contribution is -2.41. The lowest BCUT2D eigenvalue weighted by molar-refractivity contribution is 0.00578. The van der Waals surface area contributed by atoms with Gasteiger partial charge < -0.3 is 14.0 Å². The van der Waals surface area contributed by atoms with E-state index in [1.165, 1.54) is 19.2 Å². The fourth-order valence-corrected chi connectivity index (χ4v) is 1.81. The van der Waals surface area contributed by atoms with Crippen molar-refractivity contribution in [3.63, 3.8) is 0 Å². The molecule has 1 aromatic heterocycles. The highest BCUT2D eigenvalue weighted by molar-refractivity contribution is 6.62. The van der Waals surface area contributed by atoms with E-state index in [-0.39, 0.29) is 11.2 Å². The standard InChI is InChI=1S/C13H17BFNO4/c1-12(2)13(3,4)20-14(19-12)8-6-7-9(11(17)18-5)16-10(8)15/h6-7H,1-5H3. The van der Waals surface area contributed by atoms with Gasteiger partial charge in [-0.25, -0.2) is 9.78 Å². The predicted molar refractivity (Wildman–Crippen MR) is 71.3 cm³/mol. The zero-order valence-corrected chi connectivity index (χ0v) is 12.2. The van der Waals surface area contributed by atoms with Crippen LogP contribution in [0.4, 0.5) is 4.39 Å². The van der Waals surface area contributed by atoms with Gasteiger partial charge in [0, 0.05) is 5.46 Å². The number of hydrogen-bond donors (Lipinski definition) is 0. The van der Waals surface area contributed by atoms with Crippen LogP contribution in [0.2, 0.25) is 0 Å². The van der Waals surface area contributed by atoms with Gasteiger partial charge in [-0.2, -0.15) is 4.39 Å². The Morgan fingerprint density at radius 1 is 1.25 bits per heavy atom. The number of ether oxygens (including phenoxy) is 1. The minimum atomic E-state index is -0.848. The predicted octanol–water partition coefficient (Wildman–Crippen LogP) is 1.31. The molecule has 1 fully saturated rings. The smallest absolute Gasteiger partial charge is 0.464 e. The Kier molecular flexibility index (Phi) is 3.60. The van der Waals surface area contributed by atoms with E-state index in [2.05, 4.69) is 9.72 Å². The number of carbonyl (C=O) groups is 1. The summed E-state index contributed by atoms with van der Waals surface area (Å²) in [4.78, 5) is 14.9. The summed E-state index contributed by atoms with van der Waals surface area (Å²) in [6, 6.07) is 2.81. The molecule has 5 nitrogen and oxygen atoms in total. The van der Waals surface area contributed by atoms with Crippen molar-refractivity contribution in [2.24, 2.45) is 0 Å². The van der Waals surface area contributed by atoms with E-state index in [0.717, 1.165) is 0 Å². The van der Waals surface area contributed by atoms with Gasteiger partial charge in [-0.05, 0) is 33.8 Å². The minimum absolute atomic E-state index is 0.0923. The number of methoxy groups -OCH3 is 1. The summed E-state index contributed by atoms with van der Waals surface area (Å²) in [7, 11) is 0.364. The van der Waals surface area contributed by atoms with Gasteiger partial charge in [0.2, 0.25) is 5.95 Å². The van der Waals surface area contributed by atoms with Crippen LogP contribution in [-0.4, -0.2) is 36.4 Å². The highest BCUT2D eigenvalue weighted by Crippen LogP contribution is 2.36. The molecular weight excluding hydrogens is 264 g/mol. The third-order valence-electron chi connectivity index (χ3n) is 3.78. The van der Waals surface area contributed by atoms with E-state index in [4.69, 9.17) is 9.31 Å². The average molecular weight is 281 g/mol. The first-order valence-corrected chi connectivity index (χ1v) is 6.28. The molecule has 7 heteroatoms.